The lowest BCUT2D eigenvalue weighted by molar-refractivity contribution is -0.149. The van der Waals surface area contributed by atoms with Crippen molar-refractivity contribution in [1.82, 2.24) is 15.2 Å². The summed E-state index contributed by atoms with van der Waals surface area (Å²) in [6, 6.07) is 12.1. The van der Waals surface area contributed by atoms with E-state index >= 15 is 0 Å². The maximum Gasteiger partial charge on any atom is 0.290 e. The number of hydrogen-bond donors (Lipinski definition) is 5. The first kappa shape index (κ1) is 32.5. The maximum absolute atomic E-state index is 13.5. The third kappa shape index (κ3) is 7.55. The van der Waals surface area contributed by atoms with E-state index in [2.05, 4.69) is 10.3 Å². The molecule has 0 bridgehead atoms. The lowest BCUT2D eigenvalue weighted by atomic mass is 9.87. The zero-order chi connectivity index (χ0) is 31.1. The average molecular weight is 706 g/mol. The summed E-state index contributed by atoms with van der Waals surface area (Å²) in [6.07, 6.45) is -0.608. The molecule has 0 saturated carbocycles. The SMILES string of the molecule is CCC(=O)C(=O)N(CCc1cc2ccccc2[nH]1)C1CC(C(=O)NCCO)=CC(Oc2c(I)cc(CO)cc2OC)C1O. The number of rotatable bonds is 13. The van der Waals surface area contributed by atoms with Crippen LogP contribution in [0, 0.1) is 3.57 Å². The second-order valence-corrected chi connectivity index (χ2v) is 11.4. The molecular formula is C31H36IN3O8. The van der Waals surface area contributed by atoms with Crippen LogP contribution in [0.15, 0.2) is 54.1 Å². The van der Waals surface area contributed by atoms with E-state index in [9.17, 15) is 29.7 Å². The first-order valence-electron chi connectivity index (χ1n) is 14.0. The normalized spacial score (nSPS) is 18.2. The van der Waals surface area contributed by atoms with Gasteiger partial charge < -0.3 is 40.0 Å². The Morgan fingerprint density at radius 3 is 2.60 bits per heavy atom. The second kappa shape index (κ2) is 14.8. The summed E-state index contributed by atoms with van der Waals surface area (Å²) in [7, 11) is 1.45. The fraction of sp³-hybridized carbons (Fsp3) is 0.387. The Kier molecular flexibility index (Phi) is 11.2. The molecule has 0 saturated heterocycles. The molecule has 3 unspecified atom stereocenters. The van der Waals surface area contributed by atoms with E-state index in [0.717, 1.165) is 16.6 Å². The van der Waals surface area contributed by atoms with Crippen molar-refractivity contribution in [1.29, 1.82) is 0 Å². The van der Waals surface area contributed by atoms with Crippen LogP contribution in [0.1, 0.15) is 31.0 Å². The number of hydrogen-bond acceptors (Lipinski definition) is 8. The Bertz CT molecular complexity index is 1470. The number of ketones is 1. The van der Waals surface area contributed by atoms with E-state index in [0.29, 0.717) is 21.3 Å². The molecule has 12 heteroatoms. The van der Waals surface area contributed by atoms with Gasteiger partial charge in [0.25, 0.3) is 5.91 Å². The van der Waals surface area contributed by atoms with Gasteiger partial charge in [-0.3, -0.25) is 14.4 Å². The van der Waals surface area contributed by atoms with E-state index < -0.39 is 35.8 Å². The molecule has 5 N–H and O–H groups in total. The number of carbonyl (C=O) groups is 3. The number of fused-ring (bicyclic) bond motifs is 1. The number of para-hydroxylation sites is 1. The van der Waals surface area contributed by atoms with Gasteiger partial charge >= 0.3 is 0 Å². The topological polar surface area (TPSA) is 161 Å². The fourth-order valence-corrected chi connectivity index (χ4v) is 5.93. The summed E-state index contributed by atoms with van der Waals surface area (Å²) >= 11 is 2.03. The second-order valence-electron chi connectivity index (χ2n) is 10.2. The molecule has 0 radical (unpaired) electrons. The molecule has 1 heterocycles. The summed E-state index contributed by atoms with van der Waals surface area (Å²) < 4.78 is 12.3. The van der Waals surface area contributed by atoms with Crippen molar-refractivity contribution in [3.63, 3.8) is 0 Å². The molecule has 11 nitrogen and oxygen atoms in total. The quantitative estimate of drug-likeness (QED) is 0.134. The number of aromatic amines is 1. The van der Waals surface area contributed by atoms with Crippen LogP contribution in [-0.2, 0) is 27.4 Å². The van der Waals surface area contributed by atoms with Gasteiger partial charge in [-0.05, 0) is 63.9 Å². The van der Waals surface area contributed by atoms with Gasteiger partial charge in [0.1, 0.15) is 12.2 Å². The number of nitrogens with zero attached hydrogens (tertiary/aromatic N) is 1. The van der Waals surface area contributed by atoms with Gasteiger partial charge in [-0.2, -0.15) is 0 Å². The smallest absolute Gasteiger partial charge is 0.290 e. The molecule has 2 amide bonds. The highest BCUT2D eigenvalue weighted by atomic mass is 127. The van der Waals surface area contributed by atoms with Crippen molar-refractivity contribution in [3.05, 3.63) is 68.9 Å². The van der Waals surface area contributed by atoms with Crippen LogP contribution >= 0.6 is 22.6 Å². The highest BCUT2D eigenvalue weighted by Gasteiger charge is 2.42. The van der Waals surface area contributed by atoms with E-state index in [1.807, 2.05) is 52.9 Å². The monoisotopic (exact) mass is 705 g/mol. The number of aliphatic hydroxyl groups excluding tert-OH is 3. The predicted octanol–water partition coefficient (Wildman–Crippen LogP) is 2.24. The van der Waals surface area contributed by atoms with Gasteiger partial charge in [0, 0.05) is 49.1 Å². The fourth-order valence-electron chi connectivity index (χ4n) is 5.13. The van der Waals surface area contributed by atoms with Crippen LogP contribution in [0.3, 0.4) is 0 Å². The zero-order valence-electron chi connectivity index (χ0n) is 24.0. The first-order chi connectivity index (χ1) is 20.7. The minimum absolute atomic E-state index is 0.0145. The van der Waals surface area contributed by atoms with Crippen molar-refractivity contribution in [2.75, 3.05) is 26.8 Å². The lowest BCUT2D eigenvalue weighted by Gasteiger charge is -2.40. The minimum atomic E-state index is -1.32. The Labute approximate surface area is 263 Å². The van der Waals surface area contributed by atoms with Gasteiger partial charge in [-0.15, -0.1) is 0 Å². The maximum atomic E-state index is 13.5. The summed E-state index contributed by atoms with van der Waals surface area (Å²) in [5.74, 6) is -1.24. The van der Waals surface area contributed by atoms with E-state index in [1.165, 1.54) is 18.1 Å². The molecule has 2 aromatic carbocycles. The molecule has 43 heavy (non-hydrogen) atoms. The molecule has 0 aliphatic heterocycles. The van der Waals surface area contributed by atoms with Crippen LogP contribution in [0.25, 0.3) is 10.9 Å². The van der Waals surface area contributed by atoms with Crippen molar-refractivity contribution in [2.24, 2.45) is 0 Å². The Balaban J connectivity index is 1.70. The van der Waals surface area contributed by atoms with Crippen molar-refractivity contribution in [3.8, 4) is 11.5 Å². The zero-order valence-corrected chi connectivity index (χ0v) is 26.2. The number of methoxy groups -OCH3 is 1. The number of H-pyrrole nitrogens is 1. The van der Waals surface area contributed by atoms with Crippen LogP contribution in [0.2, 0.25) is 0 Å². The van der Waals surface area contributed by atoms with Crippen LogP contribution in [-0.4, -0.2) is 87.9 Å². The molecule has 0 spiro atoms. The van der Waals surface area contributed by atoms with Gasteiger partial charge in [0.15, 0.2) is 11.5 Å². The van der Waals surface area contributed by atoms with Crippen LogP contribution in [0.5, 0.6) is 11.5 Å². The standard InChI is InChI=1S/C31H36IN3O8/c1-3-25(38)31(41)35(10-8-21-14-19-6-4-5-7-23(19)34-21)24-15-20(30(40)33-9-11-36)16-26(28(24)39)43-29-22(32)12-18(17-37)13-27(29)42-2/h4-7,12-14,16,24,26,28,34,36-37,39H,3,8-11,15,17H2,1-2H3,(H,33,40). The van der Waals surface area contributed by atoms with E-state index in [-0.39, 0.29) is 50.5 Å². The Morgan fingerprint density at radius 2 is 1.93 bits per heavy atom. The molecular weight excluding hydrogens is 669 g/mol. The summed E-state index contributed by atoms with van der Waals surface area (Å²) in [5, 5.41) is 34.1. The lowest BCUT2D eigenvalue weighted by Crippen LogP contribution is -2.56. The number of carbonyl (C=O) groups excluding carboxylic acids is 3. The third-order valence-corrected chi connectivity index (χ3v) is 8.17. The predicted molar refractivity (Wildman–Crippen MR) is 168 cm³/mol. The highest BCUT2D eigenvalue weighted by molar-refractivity contribution is 14.1. The van der Waals surface area contributed by atoms with E-state index in [1.54, 1.807) is 19.1 Å². The summed E-state index contributed by atoms with van der Waals surface area (Å²) in [4.78, 5) is 43.9. The molecule has 3 atom stereocenters. The van der Waals surface area contributed by atoms with Crippen molar-refractivity contribution in [2.45, 2.75) is 51.0 Å². The Hall–Kier alpha value is -3.46. The molecule has 1 aliphatic carbocycles. The first-order valence-corrected chi connectivity index (χ1v) is 15.1. The van der Waals surface area contributed by atoms with Crippen molar-refractivity contribution < 1.29 is 39.2 Å². The van der Waals surface area contributed by atoms with Crippen molar-refractivity contribution >= 4 is 51.1 Å². The summed E-state index contributed by atoms with van der Waals surface area (Å²) in [6.45, 7) is 1.23. The molecule has 3 aromatic rings. The Morgan fingerprint density at radius 1 is 1.16 bits per heavy atom. The van der Waals surface area contributed by atoms with Gasteiger partial charge in [-0.1, -0.05) is 25.1 Å². The van der Waals surface area contributed by atoms with Crippen LogP contribution < -0.4 is 14.8 Å². The number of benzene rings is 2. The minimum Gasteiger partial charge on any atom is -0.493 e. The van der Waals surface area contributed by atoms with Crippen LogP contribution in [0.4, 0.5) is 0 Å². The average Bonchev–Trinajstić information content (AvgIpc) is 3.44. The van der Waals surface area contributed by atoms with E-state index in [4.69, 9.17) is 9.47 Å². The largest absolute Gasteiger partial charge is 0.493 e. The molecule has 230 valence electrons. The third-order valence-electron chi connectivity index (χ3n) is 7.37. The molecule has 1 aliphatic rings. The number of aliphatic hydroxyl groups is 3. The number of Topliss-reactive ketones (excluding diaryl/α,β-unsaturated/α-hetero) is 1. The van der Waals surface area contributed by atoms with Gasteiger partial charge in [-0.25, -0.2) is 0 Å². The number of ether oxygens (including phenoxy) is 2. The number of nitrogens with one attached hydrogen (secondary N) is 2. The number of halogens is 1. The number of aromatic nitrogens is 1. The molecule has 0 fully saturated rings. The van der Waals surface area contributed by atoms with Gasteiger partial charge in [0.05, 0.1) is 29.9 Å². The molecule has 4 rings (SSSR count). The number of amides is 2. The highest BCUT2D eigenvalue weighted by Crippen LogP contribution is 2.37. The van der Waals surface area contributed by atoms with Gasteiger partial charge in [0.2, 0.25) is 11.7 Å². The molecule has 1 aromatic heterocycles. The summed E-state index contributed by atoms with van der Waals surface area (Å²) in [5.41, 5.74) is 2.62.